The Hall–Kier alpha value is -2.08. The minimum Gasteiger partial charge on any atom is -0.399 e. The maximum atomic E-state index is 12.6. The summed E-state index contributed by atoms with van der Waals surface area (Å²) in [5, 5.41) is 0. The van der Waals surface area contributed by atoms with Gasteiger partial charge < -0.3 is 21.1 Å². The molecule has 1 unspecified atom stereocenters. The van der Waals surface area contributed by atoms with Crippen molar-refractivity contribution in [3.8, 4) is 0 Å². The van der Waals surface area contributed by atoms with E-state index in [9.17, 15) is 9.59 Å². The molecule has 0 radical (unpaired) electrons. The van der Waals surface area contributed by atoms with Crippen LogP contribution >= 0.6 is 0 Å². The topological polar surface area (TPSA) is 98.7 Å². The normalized spacial score (nSPS) is 21.2. The number of primary amides is 1. The van der Waals surface area contributed by atoms with Crippen molar-refractivity contribution < 1.29 is 14.3 Å². The Balaban J connectivity index is 2.15. The number of ether oxygens (including phenoxy) is 1. The highest BCUT2D eigenvalue weighted by Crippen LogP contribution is 2.27. The Morgan fingerprint density at radius 3 is 2.52 bits per heavy atom. The molecular formula is C15H21N3O3. The van der Waals surface area contributed by atoms with Crippen molar-refractivity contribution in [1.29, 1.82) is 0 Å². The Kier molecular flexibility index (Phi) is 4.47. The SMILES string of the molecule is CC1(C(=O)N(CC(N)=O)Cc2ccc(N)cc2)CCCO1. The highest BCUT2D eigenvalue weighted by Gasteiger charge is 2.40. The molecule has 21 heavy (non-hydrogen) atoms. The van der Waals surface area contributed by atoms with Gasteiger partial charge in [-0.3, -0.25) is 9.59 Å². The summed E-state index contributed by atoms with van der Waals surface area (Å²) in [5.74, 6) is -0.740. The number of carbonyl (C=O) groups excluding carboxylic acids is 2. The van der Waals surface area contributed by atoms with Gasteiger partial charge in [-0.25, -0.2) is 0 Å². The molecule has 0 bridgehead atoms. The third kappa shape index (κ3) is 3.72. The lowest BCUT2D eigenvalue weighted by Crippen LogP contribution is -2.49. The number of nitrogens with zero attached hydrogens (tertiary/aromatic N) is 1. The number of benzene rings is 1. The number of nitrogen functional groups attached to an aromatic ring is 1. The maximum absolute atomic E-state index is 12.6. The molecular weight excluding hydrogens is 270 g/mol. The number of rotatable bonds is 5. The molecule has 0 saturated carbocycles. The Labute approximate surface area is 124 Å². The second kappa shape index (κ2) is 6.13. The van der Waals surface area contributed by atoms with Crippen LogP contribution in [0.4, 0.5) is 5.69 Å². The number of hydrogen-bond acceptors (Lipinski definition) is 4. The van der Waals surface area contributed by atoms with Crippen molar-refractivity contribution in [2.75, 3.05) is 18.9 Å². The monoisotopic (exact) mass is 291 g/mol. The fraction of sp³-hybridized carbons (Fsp3) is 0.467. The van der Waals surface area contributed by atoms with Crippen LogP contribution in [0.15, 0.2) is 24.3 Å². The zero-order valence-electron chi connectivity index (χ0n) is 12.2. The number of amides is 2. The van der Waals surface area contributed by atoms with Crippen molar-refractivity contribution in [2.45, 2.75) is 31.9 Å². The molecule has 0 aromatic heterocycles. The molecule has 1 aromatic carbocycles. The van der Waals surface area contributed by atoms with Gasteiger partial charge in [-0.1, -0.05) is 12.1 Å². The number of hydrogen-bond donors (Lipinski definition) is 2. The molecule has 1 fully saturated rings. The van der Waals surface area contributed by atoms with E-state index in [1.54, 1.807) is 19.1 Å². The Morgan fingerprint density at radius 2 is 2.00 bits per heavy atom. The highest BCUT2D eigenvalue weighted by atomic mass is 16.5. The average Bonchev–Trinajstić information content (AvgIpc) is 2.87. The van der Waals surface area contributed by atoms with Crippen LogP contribution in [0.25, 0.3) is 0 Å². The molecule has 1 saturated heterocycles. The number of carbonyl (C=O) groups is 2. The number of nitrogens with two attached hydrogens (primary N) is 2. The first kappa shape index (κ1) is 15.3. The second-order valence-corrected chi connectivity index (χ2v) is 5.55. The minimum atomic E-state index is -0.858. The van der Waals surface area contributed by atoms with E-state index in [0.717, 1.165) is 12.0 Å². The molecule has 1 aromatic rings. The van der Waals surface area contributed by atoms with Gasteiger partial charge in [0.25, 0.3) is 5.91 Å². The fourth-order valence-corrected chi connectivity index (χ4v) is 2.51. The molecule has 4 N–H and O–H groups in total. The quantitative estimate of drug-likeness (QED) is 0.778. The van der Waals surface area contributed by atoms with Crippen LogP contribution in [0.1, 0.15) is 25.3 Å². The first-order chi connectivity index (χ1) is 9.90. The van der Waals surface area contributed by atoms with Crippen LogP contribution in [-0.2, 0) is 20.9 Å². The predicted molar refractivity (Wildman–Crippen MR) is 79.1 cm³/mol. The Morgan fingerprint density at radius 1 is 1.33 bits per heavy atom. The third-order valence-corrected chi connectivity index (χ3v) is 3.66. The van der Waals surface area contributed by atoms with Crippen LogP contribution in [0, 0.1) is 0 Å². The van der Waals surface area contributed by atoms with Crippen molar-refractivity contribution in [3.05, 3.63) is 29.8 Å². The molecule has 2 amide bonds. The zero-order chi connectivity index (χ0) is 15.5. The minimum absolute atomic E-state index is 0.123. The fourth-order valence-electron chi connectivity index (χ4n) is 2.51. The molecule has 1 heterocycles. The van der Waals surface area contributed by atoms with Crippen LogP contribution in [-0.4, -0.2) is 35.5 Å². The molecule has 2 rings (SSSR count). The van der Waals surface area contributed by atoms with E-state index < -0.39 is 11.5 Å². The highest BCUT2D eigenvalue weighted by molar-refractivity contribution is 5.89. The first-order valence-corrected chi connectivity index (χ1v) is 6.97. The summed E-state index contributed by atoms with van der Waals surface area (Å²) in [6.07, 6.45) is 1.50. The summed E-state index contributed by atoms with van der Waals surface area (Å²) in [6, 6.07) is 7.18. The van der Waals surface area contributed by atoms with E-state index in [0.29, 0.717) is 25.3 Å². The summed E-state index contributed by atoms with van der Waals surface area (Å²) in [6.45, 7) is 2.51. The summed E-state index contributed by atoms with van der Waals surface area (Å²) in [4.78, 5) is 25.3. The van der Waals surface area contributed by atoms with Gasteiger partial charge in [-0.2, -0.15) is 0 Å². The van der Waals surface area contributed by atoms with Gasteiger partial charge >= 0.3 is 0 Å². The van der Waals surface area contributed by atoms with E-state index in [1.165, 1.54) is 4.90 Å². The van der Waals surface area contributed by atoms with Gasteiger partial charge in [0.05, 0.1) is 6.54 Å². The summed E-state index contributed by atoms with van der Waals surface area (Å²) >= 11 is 0. The summed E-state index contributed by atoms with van der Waals surface area (Å²) in [5.41, 5.74) is 11.6. The lowest BCUT2D eigenvalue weighted by molar-refractivity contribution is -0.153. The van der Waals surface area contributed by atoms with Crippen LogP contribution in [0.2, 0.25) is 0 Å². The lowest BCUT2D eigenvalue weighted by Gasteiger charge is -2.30. The van der Waals surface area contributed by atoms with Crippen molar-refractivity contribution in [3.63, 3.8) is 0 Å². The maximum Gasteiger partial charge on any atom is 0.255 e. The largest absolute Gasteiger partial charge is 0.399 e. The van der Waals surface area contributed by atoms with Crippen molar-refractivity contribution in [2.24, 2.45) is 5.73 Å². The standard InChI is InChI=1S/C15H21N3O3/c1-15(7-2-8-21-15)14(20)18(10-13(17)19)9-11-3-5-12(16)6-4-11/h3-6H,2,7-10,16H2,1H3,(H2,17,19). The molecule has 6 nitrogen and oxygen atoms in total. The molecule has 0 spiro atoms. The summed E-state index contributed by atoms with van der Waals surface area (Å²) in [7, 11) is 0. The first-order valence-electron chi connectivity index (χ1n) is 6.97. The predicted octanol–water partition coefficient (Wildman–Crippen LogP) is 0.652. The summed E-state index contributed by atoms with van der Waals surface area (Å²) < 4.78 is 5.56. The average molecular weight is 291 g/mol. The van der Waals surface area contributed by atoms with E-state index in [-0.39, 0.29) is 12.5 Å². The molecule has 6 heteroatoms. The van der Waals surface area contributed by atoms with Crippen molar-refractivity contribution >= 4 is 17.5 Å². The second-order valence-electron chi connectivity index (χ2n) is 5.55. The van der Waals surface area contributed by atoms with E-state index in [4.69, 9.17) is 16.2 Å². The van der Waals surface area contributed by atoms with Crippen molar-refractivity contribution in [1.82, 2.24) is 4.90 Å². The van der Waals surface area contributed by atoms with Gasteiger partial charge in [0, 0.05) is 18.8 Å². The molecule has 0 aliphatic carbocycles. The van der Waals surface area contributed by atoms with Gasteiger partial charge in [0.15, 0.2) is 0 Å². The van der Waals surface area contributed by atoms with E-state index in [1.807, 2.05) is 12.1 Å². The van der Waals surface area contributed by atoms with E-state index in [2.05, 4.69) is 0 Å². The van der Waals surface area contributed by atoms with Gasteiger partial charge in [-0.05, 0) is 37.5 Å². The third-order valence-electron chi connectivity index (χ3n) is 3.66. The molecule has 114 valence electrons. The number of anilines is 1. The van der Waals surface area contributed by atoms with Gasteiger partial charge in [0.1, 0.15) is 5.60 Å². The van der Waals surface area contributed by atoms with Crippen LogP contribution < -0.4 is 11.5 Å². The Bertz CT molecular complexity index is 521. The van der Waals surface area contributed by atoms with Crippen LogP contribution in [0.5, 0.6) is 0 Å². The van der Waals surface area contributed by atoms with E-state index >= 15 is 0 Å². The van der Waals surface area contributed by atoms with Gasteiger partial charge in [-0.15, -0.1) is 0 Å². The lowest BCUT2D eigenvalue weighted by atomic mass is 10.0. The van der Waals surface area contributed by atoms with Crippen LogP contribution in [0.3, 0.4) is 0 Å². The molecule has 1 aliphatic rings. The molecule has 1 aliphatic heterocycles. The molecule has 1 atom stereocenters. The smallest absolute Gasteiger partial charge is 0.255 e. The zero-order valence-corrected chi connectivity index (χ0v) is 12.2. The van der Waals surface area contributed by atoms with Gasteiger partial charge in [0.2, 0.25) is 5.91 Å².